The fourth-order valence-electron chi connectivity index (χ4n) is 1.96. The van der Waals surface area contributed by atoms with E-state index in [4.69, 9.17) is 13.6 Å². The Morgan fingerprint density at radius 2 is 1.33 bits per heavy atom. The van der Waals surface area contributed by atoms with Crippen molar-refractivity contribution < 1.29 is 49.8 Å². The maximum Gasteiger partial charge on any atom is 0.192 e. The summed E-state index contributed by atoms with van der Waals surface area (Å²) >= 11 is 0. The van der Waals surface area contributed by atoms with Gasteiger partial charge in [-0.2, -0.15) is 6.61 Å². The first-order chi connectivity index (χ1) is 10.1. The number of aliphatic hydroxyl groups excluding tert-OH is 1. The largest absolute Gasteiger partial charge is 0.544 e. The van der Waals surface area contributed by atoms with E-state index in [-0.39, 0.29) is 66.1 Å². The van der Waals surface area contributed by atoms with Crippen LogP contribution in [0.4, 0.5) is 0 Å². The molecule has 3 atom stereocenters. The van der Waals surface area contributed by atoms with Crippen LogP contribution in [0.25, 0.3) is 0 Å². The van der Waals surface area contributed by atoms with Crippen LogP contribution in [-0.4, -0.2) is 46.7 Å². The molecule has 1 rings (SSSR count). The second-order valence-corrected chi connectivity index (χ2v) is 19.2. The fourth-order valence-corrected chi connectivity index (χ4v) is 4.51. The molecular weight excluding hydrogens is 562 g/mol. The molecule has 1 N–H and O–H groups in total. The van der Waals surface area contributed by atoms with E-state index in [1.807, 2.05) is 0 Å². The monoisotopic (exact) mass is 599 g/mol. The van der Waals surface area contributed by atoms with Gasteiger partial charge in [0.05, 0.1) is 18.8 Å². The van der Waals surface area contributed by atoms with Crippen molar-refractivity contribution in [3.63, 3.8) is 0 Å². The van der Waals surface area contributed by atoms with Gasteiger partial charge in [-0.25, -0.2) is 0 Å². The number of ether oxygens (including phenoxy) is 1. The van der Waals surface area contributed by atoms with E-state index in [0.29, 0.717) is 0 Å². The molecule has 0 saturated carbocycles. The maximum absolute atomic E-state index is 9.66. The van der Waals surface area contributed by atoms with Crippen molar-refractivity contribution >= 4 is 16.6 Å². The van der Waals surface area contributed by atoms with Crippen molar-refractivity contribution in [3.05, 3.63) is 6.61 Å². The third-order valence-electron chi connectivity index (χ3n) is 5.73. The van der Waals surface area contributed by atoms with Gasteiger partial charge in [0.1, 0.15) is 0 Å². The van der Waals surface area contributed by atoms with Gasteiger partial charge in [0.2, 0.25) is 0 Å². The molecule has 24 heavy (non-hydrogen) atoms. The van der Waals surface area contributed by atoms with Crippen LogP contribution in [-0.2, 0) is 13.6 Å². The molecular formula is C17H37O4Si2U-. The molecule has 1 saturated heterocycles. The van der Waals surface area contributed by atoms with E-state index >= 15 is 0 Å². The Kier molecular flexibility index (Phi) is 9.03. The molecule has 1 fully saturated rings. The summed E-state index contributed by atoms with van der Waals surface area (Å²) in [5, 5.41) is 9.89. The molecule has 142 valence electrons. The van der Waals surface area contributed by atoms with E-state index in [0.717, 1.165) is 0 Å². The Labute approximate surface area is 175 Å². The minimum absolute atomic E-state index is 0. The average molecular weight is 600 g/mol. The first-order valence-electron chi connectivity index (χ1n) is 8.58. The SMILES string of the molecule is CC(C)(C)[Si](C)(C)OC1[CH-]O[C@H](CO)C1O[Si](C)(C)C(C)(C)C.[U]. The molecule has 0 spiro atoms. The third-order valence-corrected chi connectivity index (χ3v) is 14.7. The summed E-state index contributed by atoms with van der Waals surface area (Å²) in [7, 11) is -3.90. The van der Waals surface area contributed by atoms with Crippen LogP contribution in [0.3, 0.4) is 0 Å². The van der Waals surface area contributed by atoms with E-state index in [1.54, 1.807) is 6.61 Å². The Morgan fingerprint density at radius 1 is 0.917 bits per heavy atom. The van der Waals surface area contributed by atoms with Gasteiger partial charge in [-0.15, -0.1) is 0 Å². The second-order valence-electron chi connectivity index (χ2n) is 9.68. The predicted molar refractivity (Wildman–Crippen MR) is 100 cm³/mol. The van der Waals surface area contributed by atoms with Gasteiger partial charge in [-0.1, -0.05) is 41.5 Å². The zero-order chi connectivity index (χ0) is 18.3. The van der Waals surface area contributed by atoms with Crippen LogP contribution < -0.4 is 0 Å². The Morgan fingerprint density at radius 3 is 1.71 bits per heavy atom. The van der Waals surface area contributed by atoms with E-state index < -0.39 is 16.6 Å². The zero-order valence-electron chi connectivity index (χ0n) is 17.2. The Bertz CT molecular complexity index is 402. The summed E-state index contributed by atoms with van der Waals surface area (Å²) in [5.41, 5.74) is 0. The first kappa shape index (κ1) is 25.3. The summed E-state index contributed by atoms with van der Waals surface area (Å²) in [5.74, 6) is 0. The number of aliphatic hydroxyl groups is 1. The van der Waals surface area contributed by atoms with Gasteiger partial charge in [0, 0.05) is 31.1 Å². The van der Waals surface area contributed by atoms with Gasteiger partial charge in [0.25, 0.3) is 0 Å². The number of rotatable bonds is 5. The Hall–Kier alpha value is 1.33. The molecule has 0 aromatic carbocycles. The molecule has 0 aromatic heterocycles. The Balaban J connectivity index is 0.00000529. The van der Waals surface area contributed by atoms with Crippen molar-refractivity contribution in [1.29, 1.82) is 0 Å². The molecule has 0 radical (unpaired) electrons. The first-order valence-corrected chi connectivity index (χ1v) is 14.4. The second kappa shape index (κ2) is 8.56. The maximum atomic E-state index is 9.66. The van der Waals surface area contributed by atoms with Gasteiger partial charge < -0.3 is 18.7 Å². The van der Waals surface area contributed by atoms with Crippen molar-refractivity contribution in [2.24, 2.45) is 0 Å². The standard InChI is InChI=1S/C17H37O4Si2.U/c1-16(2,3)22(7,8)20-14-12-19-13(11-18)15(14)21-23(9,10)17(4,5)6;/h12-15,18H,11H2,1-10H3;/q-1;/t13-,14?,15?;/m1./s1. The van der Waals surface area contributed by atoms with Crippen molar-refractivity contribution in [2.45, 2.75) is 96.1 Å². The van der Waals surface area contributed by atoms with E-state index in [2.05, 4.69) is 67.7 Å². The third kappa shape index (κ3) is 5.92. The van der Waals surface area contributed by atoms with Crippen LogP contribution >= 0.6 is 0 Å². The van der Waals surface area contributed by atoms with Gasteiger partial charge in [-0.05, 0) is 42.4 Å². The smallest absolute Gasteiger partial charge is 0.192 e. The molecule has 4 nitrogen and oxygen atoms in total. The van der Waals surface area contributed by atoms with E-state index in [1.165, 1.54) is 0 Å². The summed E-state index contributed by atoms with van der Waals surface area (Å²) in [6, 6.07) is 0. The number of hydrogen-bond acceptors (Lipinski definition) is 4. The number of hydrogen-bond donors (Lipinski definition) is 1. The molecule has 2 unspecified atom stereocenters. The van der Waals surface area contributed by atoms with Crippen LogP contribution in [0, 0.1) is 37.7 Å². The van der Waals surface area contributed by atoms with Gasteiger partial charge in [0.15, 0.2) is 16.6 Å². The molecule has 1 heterocycles. The minimum atomic E-state index is -1.97. The predicted octanol–water partition coefficient (Wildman–Crippen LogP) is 4.32. The van der Waals surface area contributed by atoms with Gasteiger partial charge in [-0.3, -0.25) is 0 Å². The molecule has 0 bridgehead atoms. The summed E-state index contributed by atoms with van der Waals surface area (Å²) in [6.07, 6.45) is -0.768. The quantitative estimate of drug-likeness (QED) is 0.378. The van der Waals surface area contributed by atoms with Crippen molar-refractivity contribution in [3.8, 4) is 0 Å². The van der Waals surface area contributed by atoms with Crippen LogP contribution in [0.1, 0.15) is 41.5 Å². The van der Waals surface area contributed by atoms with Crippen LogP contribution in [0.2, 0.25) is 36.3 Å². The molecule has 0 amide bonds. The molecule has 1 aliphatic rings. The van der Waals surface area contributed by atoms with Crippen molar-refractivity contribution in [1.82, 2.24) is 0 Å². The van der Waals surface area contributed by atoms with Gasteiger partial charge >= 0.3 is 0 Å². The van der Waals surface area contributed by atoms with Crippen LogP contribution in [0.5, 0.6) is 0 Å². The summed E-state index contributed by atoms with van der Waals surface area (Å²) < 4.78 is 18.7. The van der Waals surface area contributed by atoms with E-state index in [9.17, 15) is 5.11 Å². The van der Waals surface area contributed by atoms with Crippen molar-refractivity contribution in [2.75, 3.05) is 6.61 Å². The normalized spacial score (nSPS) is 26.4. The zero-order valence-corrected chi connectivity index (χ0v) is 23.4. The minimum Gasteiger partial charge on any atom is -0.544 e. The molecule has 0 aliphatic carbocycles. The molecule has 7 heteroatoms. The topological polar surface area (TPSA) is 47.9 Å². The molecule has 0 aromatic rings. The summed E-state index contributed by atoms with van der Waals surface area (Å²) in [4.78, 5) is 0. The fraction of sp³-hybridized carbons (Fsp3) is 0.941. The molecule has 1 aliphatic heterocycles. The average Bonchev–Trinajstić information content (AvgIpc) is 2.67. The van der Waals surface area contributed by atoms with Crippen LogP contribution in [0.15, 0.2) is 0 Å². The summed E-state index contributed by atoms with van der Waals surface area (Å²) in [6.45, 7) is 23.9.